The first-order valence-corrected chi connectivity index (χ1v) is 7.84. The minimum Gasteiger partial charge on any atom is -0.480 e. The lowest BCUT2D eigenvalue weighted by molar-refractivity contribution is -0.148. The Morgan fingerprint density at radius 2 is 2.25 bits per heavy atom. The van der Waals surface area contributed by atoms with Crippen molar-refractivity contribution >= 4 is 5.97 Å². The second-order valence-corrected chi connectivity index (χ2v) is 6.36. The van der Waals surface area contributed by atoms with E-state index in [1.165, 1.54) is 0 Å². The van der Waals surface area contributed by atoms with Gasteiger partial charge >= 0.3 is 5.97 Å². The van der Waals surface area contributed by atoms with Gasteiger partial charge in [0.1, 0.15) is 5.54 Å². The minimum absolute atomic E-state index is 0.242. The summed E-state index contributed by atoms with van der Waals surface area (Å²) < 4.78 is 5.68. The molecule has 5 nitrogen and oxygen atoms in total. The van der Waals surface area contributed by atoms with E-state index in [0.717, 1.165) is 32.4 Å². The number of nitrogens with one attached hydrogen (secondary N) is 1. The molecule has 0 aromatic rings. The first-order valence-electron chi connectivity index (χ1n) is 7.84. The fraction of sp³-hybridized carbons (Fsp3) is 0.933. The zero-order valence-electron chi connectivity index (χ0n) is 12.9. The number of rotatable bonds is 4. The molecule has 4 unspecified atom stereocenters. The Morgan fingerprint density at radius 3 is 2.90 bits per heavy atom. The average molecular weight is 284 g/mol. The van der Waals surface area contributed by atoms with Gasteiger partial charge in [0.05, 0.1) is 12.7 Å². The highest BCUT2D eigenvalue weighted by Gasteiger charge is 2.45. The number of aliphatic carboxylic acids is 1. The zero-order chi connectivity index (χ0) is 14.8. The van der Waals surface area contributed by atoms with Crippen LogP contribution in [0.4, 0.5) is 0 Å². The van der Waals surface area contributed by atoms with Gasteiger partial charge < -0.3 is 15.2 Å². The Labute approximate surface area is 121 Å². The van der Waals surface area contributed by atoms with Crippen LogP contribution in [0.2, 0.25) is 0 Å². The molecule has 0 aromatic heterocycles. The Hall–Kier alpha value is -0.650. The lowest BCUT2D eigenvalue weighted by Gasteiger charge is -2.47. The third-order valence-corrected chi connectivity index (χ3v) is 4.77. The Morgan fingerprint density at radius 1 is 1.50 bits per heavy atom. The Balaban J connectivity index is 2.10. The first kappa shape index (κ1) is 15.7. The number of carboxylic acids is 1. The minimum atomic E-state index is -0.737. The summed E-state index contributed by atoms with van der Waals surface area (Å²) in [4.78, 5) is 14.2. The molecule has 4 atom stereocenters. The van der Waals surface area contributed by atoms with Gasteiger partial charge in [-0.15, -0.1) is 0 Å². The first-order chi connectivity index (χ1) is 9.48. The molecule has 1 saturated heterocycles. The number of carboxylic acid groups (broad SMARTS) is 1. The predicted molar refractivity (Wildman–Crippen MR) is 77.9 cm³/mol. The fourth-order valence-electron chi connectivity index (χ4n) is 3.74. The molecule has 1 aliphatic carbocycles. The summed E-state index contributed by atoms with van der Waals surface area (Å²) in [6.45, 7) is 8.61. The highest BCUT2D eigenvalue weighted by Crippen LogP contribution is 2.33. The maximum atomic E-state index is 11.7. The van der Waals surface area contributed by atoms with Crippen LogP contribution in [0.25, 0.3) is 0 Å². The topological polar surface area (TPSA) is 61.8 Å². The standard InChI is InChI=1S/C15H28N2O3/c1-4-16-15(14(18)19)7-5-6-13(8-15)17-9-12(3)20-10-11(17)2/h11-13,16H,4-10H2,1-3H3,(H,18,19). The van der Waals surface area contributed by atoms with E-state index in [1.54, 1.807) is 0 Å². The molecule has 5 heteroatoms. The van der Waals surface area contributed by atoms with E-state index in [2.05, 4.69) is 24.1 Å². The van der Waals surface area contributed by atoms with Crippen LogP contribution in [0.3, 0.4) is 0 Å². The van der Waals surface area contributed by atoms with Crippen LogP contribution in [0.1, 0.15) is 46.5 Å². The van der Waals surface area contributed by atoms with E-state index in [-0.39, 0.29) is 6.10 Å². The normalized spacial score (nSPS) is 39.6. The van der Waals surface area contributed by atoms with E-state index in [0.29, 0.717) is 25.0 Å². The molecule has 2 aliphatic rings. The molecule has 1 heterocycles. The van der Waals surface area contributed by atoms with Crippen molar-refractivity contribution in [1.82, 2.24) is 10.2 Å². The number of hydrogen-bond donors (Lipinski definition) is 2. The lowest BCUT2D eigenvalue weighted by Crippen LogP contribution is -2.61. The molecule has 0 radical (unpaired) electrons. The van der Waals surface area contributed by atoms with Crippen molar-refractivity contribution in [1.29, 1.82) is 0 Å². The summed E-state index contributed by atoms with van der Waals surface area (Å²) >= 11 is 0. The maximum Gasteiger partial charge on any atom is 0.323 e. The van der Waals surface area contributed by atoms with Gasteiger partial charge in [-0.3, -0.25) is 9.69 Å². The maximum absolute atomic E-state index is 11.7. The van der Waals surface area contributed by atoms with Gasteiger partial charge in [-0.25, -0.2) is 0 Å². The molecule has 0 spiro atoms. The van der Waals surface area contributed by atoms with Crippen molar-refractivity contribution in [3.05, 3.63) is 0 Å². The number of ether oxygens (including phenoxy) is 1. The Kier molecular flexibility index (Phi) is 5.04. The van der Waals surface area contributed by atoms with Crippen LogP contribution in [0, 0.1) is 0 Å². The SMILES string of the molecule is CCNC1(C(=O)O)CCCC(N2CC(C)OCC2C)C1. The summed E-state index contributed by atoms with van der Waals surface area (Å²) in [6.07, 6.45) is 3.75. The van der Waals surface area contributed by atoms with Gasteiger partial charge in [-0.2, -0.15) is 0 Å². The van der Waals surface area contributed by atoms with Crippen LogP contribution in [-0.4, -0.2) is 59.4 Å². The molecule has 0 bridgehead atoms. The Bertz CT molecular complexity index is 346. The number of carbonyl (C=O) groups is 1. The highest BCUT2D eigenvalue weighted by atomic mass is 16.5. The molecule has 1 aliphatic heterocycles. The van der Waals surface area contributed by atoms with E-state index in [9.17, 15) is 9.90 Å². The van der Waals surface area contributed by atoms with Gasteiger partial charge in [-0.05, 0) is 46.1 Å². The quantitative estimate of drug-likeness (QED) is 0.818. The van der Waals surface area contributed by atoms with E-state index in [4.69, 9.17) is 4.74 Å². The van der Waals surface area contributed by atoms with Gasteiger partial charge in [0.25, 0.3) is 0 Å². The van der Waals surface area contributed by atoms with Crippen molar-refractivity contribution in [3.8, 4) is 0 Å². The molecule has 2 N–H and O–H groups in total. The molecule has 1 saturated carbocycles. The summed E-state index contributed by atoms with van der Waals surface area (Å²) in [5.41, 5.74) is -0.737. The molecule has 116 valence electrons. The second-order valence-electron chi connectivity index (χ2n) is 6.36. The number of morpholine rings is 1. The van der Waals surface area contributed by atoms with Gasteiger partial charge in [-0.1, -0.05) is 6.92 Å². The summed E-state index contributed by atoms with van der Waals surface area (Å²) in [5.74, 6) is -0.696. The van der Waals surface area contributed by atoms with E-state index >= 15 is 0 Å². The molecular formula is C15H28N2O3. The van der Waals surface area contributed by atoms with Crippen LogP contribution in [0.5, 0.6) is 0 Å². The summed E-state index contributed by atoms with van der Waals surface area (Å²) in [6, 6.07) is 0.725. The summed E-state index contributed by atoms with van der Waals surface area (Å²) in [5, 5.41) is 12.9. The zero-order valence-corrected chi connectivity index (χ0v) is 12.9. The third-order valence-electron chi connectivity index (χ3n) is 4.77. The number of hydrogen-bond acceptors (Lipinski definition) is 4. The highest BCUT2D eigenvalue weighted by molar-refractivity contribution is 5.79. The van der Waals surface area contributed by atoms with Gasteiger partial charge in [0, 0.05) is 18.6 Å². The van der Waals surface area contributed by atoms with Crippen LogP contribution < -0.4 is 5.32 Å². The van der Waals surface area contributed by atoms with Crippen molar-refractivity contribution in [2.75, 3.05) is 19.7 Å². The van der Waals surface area contributed by atoms with Crippen molar-refractivity contribution in [3.63, 3.8) is 0 Å². The monoisotopic (exact) mass is 284 g/mol. The second kappa shape index (κ2) is 6.41. The largest absolute Gasteiger partial charge is 0.480 e. The molecule has 2 fully saturated rings. The van der Waals surface area contributed by atoms with E-state index < -0.39 is 11.5 Å². The lowest BCUT2D eigenvalue weighted by atomic mass is 9.77. The van der Waals surface area contributed by atoms with Crippen molar-refractivity contribution < 1.29 is 14.6 Å². The molecular weight excluding hydrogens is 256 g/mol. The number of nitrogens with zero attached hydrogens (tertiary/aromatic N) is 1. The molecule has 0 amide bonds. The van der Waals surface area contributed by atoms with Crippen LogP contribution >= 0.6 is 0 Å². The number of likely N-dealkylation sites (N-methyl/N-ethyl adjacent to an activating group) is 1. The van der Waals surface area contributed by atoms with Gasteiger partial charge in [0.2, 0.25) is 0 Å². The molecule has 20 heavy (non-hydrogen) atoms. The smallest absolute Gasteiger partial charge is 0.323 e. The molecule has 2 rings (SSSR count). The molecule has 0 aromatic carbocycles. The third kappa shape index (κ3) is 3.15. The predicted octanol–water partition coefficient (Wildman–Crippen LogP) is 1.47. The van der Waals surface area contributed by atoms with Gasteiger partial charge in [0.15, 0.2) is 0 Å². The fourth-order valence-corrected chi connectivity index (χ4v) is 3.74. The van der Waals surface area contributed by atoms with Crippen LogP contribution in [0.15, 0.2) is 0 Å². The average Bonchev–Trinajstić information content (AvgIpc) is 2.42. The summed E-state index contributed by atoms with van der Waals surface area (Å²) in [7, 11) is 0. The van der Waals surface area contributed by atoms with Crippen molar-refractivity contribution in [2.45, 2.75) is 70.2 Å². The van der Waals surface area contributed by atoms with Crippen LogP contribution in [-0.2, 0) is 9.53 Å². The van der Waals surface area contributed by atoms with E-state index in [1.807, 2.05) is 6.92 Å². The van der Waals surface area contributed by atoms with Crippen molar-refractivity contribution in [2.24, 2.45) is 0 Å².